The zero-order valence-corrected chi connectivity index (χ0v) is 15.6. The molecule has 11 heteroatoms. The van der Waals surface area contributed by atoms with Crippen molar-refractivity contribution in [3.63, 3.8) is 0 Å². The first-order valence-electron chi connectivity index (χ1n) is 7.99. The standard InChI is InChI=1S/C16H22O11/c1-7(17)22-6-12-13(23-8(2)18)14(24-9(3)19)15(25-10(4)20)16(27-12)26-11(5)21/h12-16H,6H2,1-5H3/t12-,13+,14+,15?,16-/m1/s1. The number of hydrogen-bond donors (Lipinski definition) is 0. The summed E-state index contributed by atoms with van der Waals surface area (Å²) in [6.45, 7) is 5.13. The third-order valence-corrected chi connectivity index (χ3v) is 3.23. The van der Waals surface area contributed by atoms with Crippen molar-refractivity contribution in [2.75, 3.05) is 6.61 Å². The van der Waals surface area contributed by atoms with Crippen LogP contribution in [-0.4, -0.2) is 67.2 Å². The predicted octanol–water partition coefficient (Wildman–Crippen LogP) is -0.367. The van der Waals surface area contributed by atoms with Crippen molar-refractivity contribution >= 4 is 29.8 Å². The molecule has 0 spiro atoms. The van der Waals surface area contributed by atoms with E-state index >= 15 is 0 Å². The van der Waals surface area contributed by atoms with E-state index in [0.717, 1.165) is 34.6 Å². The van der Waals surface area contributed by atoms with Crippen molar-refractivity contribution in [2.24, 2.45) is 0 Å². The van der Waals surface area contributed by atoms with Crippen LogP contribution in [-0.2, 0) is 52.4 Å². The number of hydrogen-bond acceptors (Lipinski definition) is 11. The summed E-state index contributed by atoms with van der Waals surface area (Å²) in [5, 5.41) is 0. The maximum Gasteiger partial charge on any atom is 0.305 e. The van der Waals surface area contributed by atoms with Crippen LogP contribution in [0.4, 0.5) is 0 Å². The first kappa shape index (κ1) is 22.4. The minimum Gasteiger partial charge on any atom is -0.463 e. The first-order chi connectivity index (χ1) is 12.5. The molecule has 0 radical (unpaired) electrons. The number of rotatable bonds is 6. The molecule has 1 saturated heterocycles. The van der Waals surface area contributed by atoms with Crippen molar-refractivity contribution in [2.45, 2.75) is 65.3 Å². The van der Waals surface area contributed by atoms with E-state index in [9.17, 15) is 24.0 Å². The summed E-state index contributed by atoms with van der Waals surface area (Å²) in [6.07, 6.45) is -6.70. The third-order valence-electron chi connectivity index (χ3n) is 3.23. The van der Waals surface area contributed by atoms with Crippen LogP contribution in [0.15, 0.2) is 0 Å². The molecular formula is C16H22O11. The van der Waals surface area contributed by atoms with Crippen LogP contribution < -0.4 is 0 Å². The van der Waals surface area contributed by atoms with Crippen LogP contribution in [0.2, 0.25) is 0 Å². The van der Waals surface area contributed by atoms with Crippen LogP contribution in [0.1, 0.15) is 34.6 Å². The number of esters is 5. The molecule has 0 aromatic heterocycles. The van der Waals surface area contributed by atoms with Crippen molar-refractivity contribution in [1.29, 1.82) is 0 Å². The molecule has 11 nitrogen and oxygen atoms in total. The summed E-state index contributed by atoms with van der Waals surface area (Å²) in [5.74, 6) is -3.71. The summed E-state index contributed by atoms with van der Waals surface area (Å²) in [6, 6.07) is 0. The Labute approximate surface area is 155 Å². The zero-order valence-electron chi connectivity index (χ0n) is 15.6. The van der Waals surface area contributed by atoms with Crippen LogP contribution in [0.3, 0.4) is 0 Å². The van der Waals surface area contributed by atoms with E-state index in [-0.39, 0.29) is 0 Å². The summed E-state index contributed by atoms with van der Waals surface area (Å²) in [4.78, 5) is 57.0. The lowest BCUT2D eigenvalue weighted by atomic mass is 9.98. The molecule has 0 saturated carbocycles. The second-order valence-corrected chi connectivity index (χ2v) is 5.68. The average Bonchev–Trinajstić information content (AvgIpc) is 2.49. The van der Waals surface area contributed by atoms with Gasteiger partial charge in [-0.05, 0) is 0 Å². The van der Waals surface area contributed by atoms with Crippen molar-refractivity contribution < 1.29 is 52.4 Å². The molecule has 5 atom stereocenters. The van der Waals surface area contributed by atoms with Crippen LogP contribution in [0.25, 0.3) is 0 Å². The summed E-state index contributed by atoms with van der Waals surface area (Å²) < 4.78 is 30.8. The van der Waals surface area contributed by atoms with Gasteiger partial charge in [0, 0.05) is 34.6 Å². The van der Waals surface area contributed by atoms with Gasteiger partial charge in [0.1, 0.15) is 12.7 Å². The van der Waals surface area contributed by atoms with Crippen molar-refractivity contribution in [3.8, 4) is 0 Å². The number of carbonyl (C=O) groups excluding carboxylic acids is 5. The molecule has 0 N–H and O–H groups in total. The van der Waals surface area contributed by atoms with Gasteiger partial charge in [-0.25, -0.2) is 0 Å². The predicted molar refractivity (Wildman–Crippen MR) is 83.7 cm³/mol. The molecule has 1 heterocycles. The Morgan fingerprint density at radius 2 is 1.07 bits per heavy atom. The average molecular weight is 390 g/mol. The van der Waals surface area contributed by atoms with Gasteiger partial charge in [0.15, 0.2) is 12.2 Å². The van der Waals surface area contributed by atoms with E-state index in [0.29, 0.717) is 0 Å². The maximum atomic E-state index is 11.5. The Balaban J connectivity index is 3.29. The van der Waals surface area contributed by atoms with E-state index in [4.69, 9.17) is 28.4 Å². The summed E-state index contributed by atoms with van der Waals surface area (Å²) in [5.41, 5.74) is 0. The van der Waals surface area contributed by atoms with E-state index in [1.54, 1.807) is 0 Å². The fourth-order valence-electron chi connectivity index (χ4n) is 2.45. The third kappa shape index (κ3) is 7.21. The molecule has 1 rings (SSSR count). The highest BCUT2D eigenvalue weighted by molar-refractivity contribution is 5.69. The quantitative estimate of drug-likeness (QED) is 0.433. The summed E-state index contributed by atoms with van der Waals surface area (Å²) in [7, 11) is 0. The number of carbonyl (C=O) groups is 5. The monoisotopic (exact) mass is 390 g/mol. The fraction of sp³-hybridized carbons (Fsp3) is 0.688. The molecule has 0 aromatic rings. The van der Waals surface area contributed by atoms with E-state index in [2.05, 4.69) is 0 Å². The van der Waals surface area contributed by atoms with Gasteiger partial charge in [-0.2, -0.15) is 0 Å². The SMILES string of the molecule is CC(=O)OC[C@H]1O[C@@H](OC(C)=O)C(OC(C)=O)[C@@H](OC(C)=O)[C@H]1OC(C)=O. The maximum absolute atomic E-state index is 11.5. The lowest BCUT2D eigenvalue weighted by molar-refractivity contribution is -0.300. The molecule has 1 aliphatic heterocycles. The zero-order chi connectivity index (χ0) is 20.7. The molecule has 0 bridgehead atoms. The van der Waals surface area contributed by atoms with Gasteiger partial charge in [0.25, 0.3) is 0 Å². The molecule has 1 fully saturated rings. The minimum absolute atomic E-state index is 0.393. The van der Waals surface area contributed by atoms with E-state index < -0.39 is 67.2 Å². The van der Waals surface area contributed by atoms with E-state index in [1.165, 1.54) is 0 Å². The fourth-order valence-corrected chi connectivity index (χ4v) is 2.45. The van der Waals surface area contributed by atoms with Crippen LogP contribution in [0.5, 0.6) is 0 Å². The van der Waals surface area contributed by atoms with E-state index in [1.807, 2.05) is 0 Å². The highest BCUT2D eigenvalue weighted by Crippen LogP contribution is 2.29. The normalized spacial score (nSPS) is 27.1. The molecule has 0 aromatic carbocycles. The Bertz CT molecular complexity index is 599. The Morgan fingerprint density at radius 3 is 1.52 bits per heavy atom. The molecular weight excluding hydrogens is 368 g/mol. The van der Waals surface area contributed by atoms with Gasteiger partial charge in [0.2, 0.25) is 12.4 Å². The lowest BCUT2D eigenvalue weighted by Crippen LogP contribution is -2.63. The summed E-state index contributed by atoms with van der Waals surface area (Å²) >= 11 is 0. The van der Waals surface area contributed by atoms with Gasteiger partial charge >= 0.3 is 29.8 Å². The van der Waals surface area contributed by atoms with Gasteiger partial charge in [-0.1, -0.05) is 0 Å². The topological polar surface area (TPSA) is 141 Å². The van der Waals surface area contributed by atoms with Gasteiger partial charge in [0.05, 0.1) is 0 Å². The lowest BCUT2D eigenvalue weighted by Gasteiger charge is -2.43. The Morgan fingerprint density at radius 1 is 0.630 bits per heavy atom. The van der Waals surface area contributed by atoms with Gasteiger partial charge in [-0.3, -0.25) is 24.0 Å². The smallest absolute Gasteiger partial charge is 0.305 e. The molecule has 152 valence electrons. The Kier molecular flexibility index (Phi) is 8.16. The molecule has 1 unspecified atom stereocenters. The number of ether oxygens (including phenoxy) is 6. The molecule has 1 aliphatic rings. The second-order valence-electron chi connectivity index (χ2n) is 5.68. The molecule has 27 heavy (non-hydrogen) atoms. The van der Waals surface area contributed by atoms with Gasteiger partial charge < -0.3 is 28.4 Å². The van der Waals surface area contributed by atoms with Crippen LogP contribution in [0, 0.1) is 0 Å². The largest absolute Gasteiger partial charge is 0.463 e. The highest BCUT2D eigenvalue weighted by atomic mass is 16.7. The van der Waals surface area contributed by atoms with Crippen molar-refractivity contribution in [3.05, 3.63) is 0 Å². The Hall–Kier alpha value is -2.69. The van der Waals surface area contributed by atoms with Crippen molar-refractivity contribution in [1.82, 2.24) is 0 Å². The minimum atomic E-state index is -1.48. The van der Waals surface area contributed by atoms with Gasteiger partial charge in [-0.15, -0.1) is 0 Å². The van der Waals surface area contributed by atoms with Crippen LogP contribution >= 0.6 is 0 Å². The first-order valence-corrected chi connectivity index (χ1v) is 7.99. The molecule has 0 aliphatic carbocycles. The second kappa shape index (κ2) is 9.86. The highest BCUT2D eigenvalue weighted by Gasteiger charge is 2.53. The molecule has 0 amide bonds.